The Labute approximate surface area is 212 Å². The highest BCUT2D eigenvalue weighted by molar-refractivity contribution is 5.94. The highest BCUT2D eigenvalue weighted by atomic mass is 19.4. The molecule has 0 radical (unpaired) electrons. The molecule has 3 rings (SSSR count). The van der Waals surface area contributed by atoms with Crippen LogP contribution < -0.4 is 5.32 Å². The van der Waals surface area contributed by atoms with Crippen molar-refractivity contribution in [2.75, 3.05) is 38.0 Å². The van der Waals surface area contributed by atoms with Gasteiger partial charge in [0.2, 0.25) is 0 Å². The van der Waals surface area contributed by atoms with Crippen molar-refractivity contribution in [2.45, 2.75) is 26.1 Å². The maximum Gasteiger partial charge on any atom is 0.490 e. The number of aromatic carboxylic acids is 1. The number of guanidine groups is 1. The Bertz CT molecular complexity index is 1110. The molecule has 9 nitrogen and oxygen atoms in total. The molecule has 1 saturated heterocycles. The second-order valence-corrected chi connectivity index (χ2v) is 8.17. The largest absolute Gasteiger partial charge is 0.490 e. The number of carboxylic acid groups (broad SMARTS) is 2. The lowest BCUT2D eigenvalue weighted by Crippen LogP contribution is -2.50. The molecule has 2 aromatic carbocycles. The van der Waals surface area contributed by atoms with Gasteiger partial charge in [0.15, 0.2) is 5.96 Å². The molecule has 0 amide bonds. The van der Waals surface area contributed by atoms with E-state index >= 15 is 0 Å². The van der Waals surface area contributed by atoms with Gasteiger partial charge in [-0.15, -0.1) is 0 Å². The average molecular weight is 520 g/mol. The van der Waals surface area contributed by atoms with E-state index in [0.717, 1.165) is 49.9 Å². The fourth-order valence-corrected chi connectivity index (χ4v) is 3.29. The number of hydrogen-bond donors (Lipinski definition) is 3. The predicted octanol–water partition coefficient (Wildman–Crippen LogP) is 3.83. The summed E-state index contributed by atoms with van der Waals surface area (Å²) in [6.07, 6.45) is -4.54. The van der Waals surface area contributed by atoms with Gasteiger partial charge in [0.05, 0.1) is 18.2 Å². The summed E-state index contributed by atoms with van der Waals surface area (Å²) in [7, 11) is 0. The number of carboxylic acids is 2. The minimum Gasteiger partial charge on any atom is -0.478 e. The summed E-state index contributed by atoms with van der Waals surface area (Å²) in [4.78, 5) is 29.3. The Balaban J connectivity index is 0.000000604. The molecule has 0 aliphatic carbocycles. The number of alkyl halides is 3. The van der Waals surface area contributed by atoms with Crippen LogP contribution in [0.2, 0.25) is 0 Å². The molecule has 0 bridgehead atoms. The normalized spacial score (nSPS) is 14.2. The second kappa shape index (κ2) is 13.8. The lowest BCUT2D eigenvalue weighted by molar-refractivity contribution is -0.192. The van der Waals surface area contributed by atoms with Gasteiger partial charge in [0, 0.05) is 44.8 Å². The lowest BCUT2D eigenvalue weighted by Gasteiger charge is -2.36. The number of aliphatic carboxylic acids is 1. The Morgan fingerprint density at radius 1 is 1.03 bits per heavy atom. The van der Waals surface area contributed by atoms with Gasteiger partial charge in [-0.1, -0.05) is 29.8 Å². The number of benzene rings is 2. The molecule has 1 heterocycles. The zero-order valence-corrected chi connectivity index (χ0v) is 20.2. The third-order valence-corrected chi connectivity index (χ3v) is 5.37. The Morgan fingerprint density at radius 3 is 2.08 bits per heavy atom. The van der Waals surface area contributed by atoms with Crippen LogP contribution in [-0.4, -0.2) is 76.8 Å². The standard InChI is InChI=1S/C23H27N5O2.C2HF3O2/c1-18-3-5-19(6-4-18)17-25-23(26-21-9-7-20(8-10-21)22(29)30)28-15-13-27(14-16-28)12-2-11-24;3-2(4,5)1(6)7/h3-10H,2,12-17H2,1H3,(H,25,26)(H,29,30);(H,6,7). The summed E-state index contributed by atoms with van der Waals surface area (Å²) in [5, 5.41) is 28.4. The van der Waals surface area contributed by atoms with Crippen LogP contribution in [0, 0.1) is 18.3 Å². The van der Waals surface area contributed by atoms with E-state index in [0.29, 0.717) is 13.0 Å². The van der Waals surface area contributed by atoms with Gasteiger partial charge in [0.1, 0.15) is 0 Å². The van der Waals surface area contributed by atoms with Crippen molar-refractivity contribution in [2.24, 2.45) is 4.99 Å². The van der Waals surface area contributed by atoms with Crippen molar-refractivity contribution in [1.82, 2.24) is 9.80 Å². The number of anilines is 1. The molecular weight excluding hydrogens is 491 g/mol. The molecule has 198 valence electrons. The fraction of sp³-hybridized carbons (Fsp3) is 0.360. The van der Waals surface area contributed by atoms with Gasteiger partial charge in [-0.25, -0.2) is 14.6 Å². The Kier molecular flexibility index (Phi) is 10.9. The van der Waals surface area contributed by atoms with Gasteiger partial charge in [-0.05, 0) is 36.8 Å². The lowest BCUT2D eigenvalue weighted by atomic mass is 10.1. The molecule has 0 unspecified atom stereocenters. The summed E-state index contributed by atoms with van der Waals surface area (Å²) < 4.78 is 31.7. The van der Waals surface area contributed by atoms with Crippen LogP contribution in [0.25, 0.3) is 0 Å². The number of aliphatic imine (C=N–C) groups is 1. The number of piperazine rings is 1. The van der Waals surface area contributed by atoms with E-state index in [1.165, 1.54) is 5.56 Å². The number of halogens is 3. The van der Waals surface area contributed by atoms with Crippen molar-refractivity contribution in [3.8, 4) is 6.07 Å². The van der Waals surface area contributed by atoms with Crippen LogP contribution in [0.15, 0.2) is 53.5 Å². The molecule has 1 aliphatic heterocycles. The number of carbonyl (C=O) groups is 2. The summed E-state index contributed by atoms with van der Waals surface area (Å²) >= 11 is 0. The molecule has 0 spiro atoms. The van der Waals surface area contributed by atoms with Crippen molar-refractivity contribution in [1.29, 1.82) is 5.26 Å². The first-order valence-electron chi connectivity index (χ1n) is 11.3. The minimum absolute atomic E-state index is 0.254. The van der Waals surface area contributed by atoms with Crippen molar-refractivity contribution < 1.29 is 33.0 Å². The van der Waals surface area contributed by atoms with Gasteiger partial charge in [0.25, 0.3) is 0 Å². The van der Waals surface area contributed by atoms with E-state index in [2.05, 4.69) is 52.4 Å². The van der Waals surface area contributed by atoms with Crippen LogP contribution in [0.3, 0.4) is 0 Å². The summed E-state index contributed by atoms with van der Waals surface area (Å²) in [5.41, 5.74) is 3.40. The quantitative estimate of drug-likeness (QED) is 0.388. The zero-order valence-electron chi connectivity index (χ0n) is 20.2. The number of nitrogens with zero attached hydrogens (tertiary/aromatic N) is 4. The zero-order chi connectivity index (χ0) is 27.4. The van der Waals surface area contributed by atoms with E-state index in [1.807, 2.05) is 0 Å². The fourth-order valence-electron chi connectivity index (χ4n) is 3.29. The molecule has 2 aromatic rings. The average Bonchev–Trinajstić information content (AvgIpc) is 2.86. The predicted molar refractivity (Wildman–Crippen MR) is 131 cm³/mol. The van der Waals surface area contributed by atoms with E-state index < -0.39 is 18.1 Å². The summed E-state index contributed by atoms with van der Waals surface area (Å²) in [6.45, 7) is 6.81. The first-order chi connectivity index (χ1) is 17.5. The molecule has 3 N–H and O–H groups in total. The molecule has 37 heavy (non-hydrogen) atoms. The topological polar surface area (TPSA) is 129 Å². The van der Waals surface area contributed by atoms with E-state index in [4.69, 9.17) is 25.3 Å². The molecule has 12 heteroatoms. The molecule has 1 aliphatic rings. The number of rotatable bonds is 6. The van der Waals surface area contributed by atoms with Gasteiger partial charge < -0.3 is 20.4 Å². The molecule has 0 atom stereocenters. The third kappa shape index (κ3) is 10.2. The molecular formula is C25H28F3N5O4. The van der Waals surface area contributed by atoms with Crippen LogP contribution in [0.1, 0.15) is 27.9 Å². The smallest absolute Gasteiger partial charge is 0.478 e. The first kappa shape index (κ1) is 29.1. The van der Waals surface area contributed by atoms with Crippen LogP contribution in [0.4, 0.5) is 18.9 Å². The number of nitrogens with one attached hydrogen (secondary N) is 1. The first-order valence-corrected chi connectivity index (χ1v) is 11.3. The Morgan fingerprint density at radius 2 is 1.59 bits per heavy atom. The van der Waals surface area contributed by atoms with E-state index in [9.17, 15) is 18.0 Å². The number of hydrogen-bond acceptors (Lipinski definition) is 5. The highest BCUT2D eigenvalue weighted by Crippen LogP contribution is 2.14. The number of aryl methyl sites for hydroxylation is 1. The molecule has 1 fully saturated rings. The van der Waals surface area contributed by atoms with Crippen LogP contribution >= 0.6 is 0 Å². The highest BCUT2D eigenvalue weighted by Gasteiger charge is 2.38. The van der Waals surface area contributed by atoms with Gasteiger partial charge in [-0.2, -0.15) is 18.4 Å². The monoisotopic (exact) mass is 519 g/mol. The number of nitriles is 1. The summed E-state index contributed by atoms with van der Waals surface area (Å²) in [5.74, 6) is -2.92. The Hall–Kier alpha value is -4.11. The maximum atomic E-state index is 11.1. The van der Waals surface area contributed by atoms with Crippen molar-refractivity contribution in [3.05, 3.63) is 65.2 Å². The van der Waals surface area contributed by atoms with Gasteiger partial charge in [-0.3, -0.25) is 4.90 Å². The van der Waals surface area contributed by atoms with E-state index in [-0.39, 0.29) is 5.56 Å². The van der Waals surface area contributed by atoms with Crippen molar-refractivity contribution >= 4 is 23.6 Å². The second-order valence-electron chi connectivity index (χ2n) is 8.17. The summed E-state index contributed by atoms with van der Waals surface area (Å²) in [6, 6.07) is 17.2. The van der Waals surface area contributed by atoms with Gasteiger partial charge >= 0.3 is 18.1 Å². The van der Waals surface area contributed by atoms with Crippen molar-refractivity contribution in [3.63, 3.8) is 0 Å². The molecule has 0 saturated carbocycles. The SMILES string of the molecule is Cc1ccc(CN=C(Nc2ccc(C(=O)O)cc2)N2CCN(CCC#N)CC2)cc1.O=C(O)C(F)(F)F. The van der Waals surface area contributed by atoms with E-state index in [1.54, 1.807) is 24.3 Å². The van der Waals surface area contributed by atoms with Crippen LogP contribution in [-0.2, 0) is 11.3 Å². The minimum atomic E-state index is -5.08. The maximum absolute atomic E-state index is 11.1. The molecule has 0 aromatic heterocycles. The third-order valence-electron chi connectivity index (χ3n) is 5.37. The van der Waals surface area contributed by atoms with Crippen LogP contribution in [0.5, 0.6) is 0 Å².